The first-order valence-electron chi connectivity index (χ1n) is 21.4. The molecule has 0 saturated carbocycles. The van der Waals surface area contributed by atoms with Gasteiger partial charge in [0, 0.05) is 38.9 Å². The Morgan fingerprint density at radius 2 is 1.11 bits per heavy atom. The summed E-state index contributed by atoms with van der Waals surface area (Å²) in [4.78, 5) is 3.83. The van der Waals surface area contributed by atoms with Gasteiger partial charge in [0.2, 0.25) is 0 Å². The van der Waals surface area contributed by atoms with Crippen LogP contribution in [0.15, 0.2) is 235 Å². The number of benzene rings is 8. The maximum atomic E-state index is 2.44. The predicted molar refractivity (Wildman–Crippen MR) is 261 cm³/mol. The highest BCUT2D eigenvalue weighted by atomic mass is 32.2. The zero-order valence-electron chi connectivity index (χ0n) is 34.1. The second-order valence-electron chi connectivity index (χ2n) is 16.5. The second-order valence-corrected chi connectivity index (χ2v) is 17.7. The Balaban J connectivity index is 0.947. The summed E-state index contributed by atoms with van der Waals surface area (Å²) in [5.41, 5.74) is 16.1. The topological polar surface area (TPSA) is 3.24 Å². The molecule has 2 aliphatic carbocycles. The van der Waals surface area contributed by atoms with Crippen LogP contribution in [0.25, 0.3) is 49.7 Å². The van der Waals surface area contributed by atoms with Crippen LogP contribution in [0.4, 0.5) is 17.1 Å². The Morgan fingerprint density at radius 1 is 0.475 bits per heavy atom. The highest BCUT2D eigenvalue weighted by Gasteiger charge is 2.31. The molecule has 292 valence electrons. The molecule has 8 aromatic carbocycles. The van der Waals surface area contributed by atoms with Gasteiger partial charge in [-0.25, -0.2) is 0 Å². The van der Waals surface area contributed by atoms with Gasteiger partial charge in [0.15, 0.2) is 0 Å². The van der Waals surface area contributed by atoms with Gasteiger partial charge in [-0.15, -0.1) is 11.8 Å². The fourth-order valence-corrected chi connectivity index (χ4v) is 10.9. The molecule has 0 saturated heterocycles. The Labute approximate surface area is 363 Å². The monoisotopic (exact) mass is 799 g/mol. The quantitative estimate of drug-likeness (QED) is 0.151. The molecule has 4 unspecified atom stereocenters. The van der Waals surface area contributed by atoms with Gasteiger partial charge < -0.3 is 4.90 Å². The fourth-order valence-electron chi connectivity index (χ4n) is 9.58. The van der Waals surface area contributed by atoms with E-state index in [1.807, 2.05) is 11.8 Å². The van der Waals surface area contributed by atoms with Gasteiger partial charge >= 0.3 is 0 Å². The van der Waals surface area contributed by atoms with Crippen molar-refractivity contribution < 1.29 is 0 Å². The van der Waals surface area contributed by atoms with Crippen LogP contribution in [0.2, 0.25) is 0 Å². The lowest BCUT2D eigenvalue weighted by Crippen LogP contribution is -2.12. The van der Waals surface area contributed by atoms with E-state index in [1.54, 1.807) is 0 Å². The van der Waals surface area contributed by atoms with Crippen molar-refractivity contribution in [1.82, 2.24) is 0 Å². The molecule has 0 radical (unpaired) electrons. The summed E-state index contributed by atoms with van der Waals surface area (Å²) in [7, 11) is 0. The Bertz CT molecular complexity index is 3000. The Hall–Kier alpha value is -6.87. The molecular formula is C59H45NS. The SMILES string of the molecule is CC1C=C(c2ccccc2)C=CC1c1ccc(N(c2ccc(-c3ccc(-c4cccc5ccccc45)cc3)cc2)c2ccccc2-c2ccc3c(c2)C2C=CC=CC2S3)cc1. The zero-order chi connectivity index (χ0) is 40.7. The maximum absolute atomic E-state index is 2.44. The van der Waals surface area contributed by atoms with Crippen LogP contribution in [0.5, 0.6) is 0 Å². The molecule has 0 N–H and O–H groups in total. The van der Waals surface area contributed by atoms with Gasteiger partial charge in [-0.1, -0.05) is 195 Å². The molecule has 2 heteroatoms. The number of hydrogen-bond acceptors (Lipinski definition) is 2. The average Bonchev–Trinajstić information content (AvgIpc) is 3.71. The first kappa shape index (κ1) is 37.2. The first-order chi connectivity index (χ1) is 30.1. The molecule has 61 heavy (non-hydrogen) atoms. The van der Waals surface area contributed by atoms with Crippen LogP contribution >= 0.6 is 11.8 Å². The Kier molecular flexibility index (Phi) is 9.72. The third-order valence-corrected chi connectivity index (χ3v) is 14.1. The van der Waals surface area contributed by atoms with E-state index in [0.29, 0.717) is 23.0 Å². The standard InChI is InChI=1S/C59H45NS/c1-40-38-47(41-12-3-2-4-13-41)30-36-51(40)45-28-34-50(35-29-45)60(57-20-9-7-17-54(57)48-31-37-59-56(39-48)55-18-8-10-21-58(55)61-59)49-32-26-43(27-33-49)42-22-24-46(25-23-42)53-19-11-15-44-14-5-6-16-52(44)53/h2-40,51,55,58H,1H3. The van der Waals surface area contributed by atoms with Crippen molar-refractivity contribution >= 4 is 45.2 Å². The van der Waals surface area contributed by atoms with Crippen LogP contribution in [0.1, 0.15) is 35.4 Å². The van der Waals surface area contributed by atoms with Gasteiger partial charge in [0.25, 0.3) is 0 Å². The smallest absolute Gasteiger partial charge is 0.0540 e. The lowest BCUT2D eigenvalue weighted by atomic mass is 9.81. The molecule has 8 aromatic rings. The van der Waals surface area contributed by atoms with Gasteiger partial charge in [0.05, 0.1) is 5.69 Å². The van der Waals surface area contributed by atoms with Crippen LogP contribution in [-0.4, -0.2) is 5.25 Å². The van der Waals surface area contributed by atoms with E-state index in [4.69, 9.17) is 0 Å². The lowest BCUT2D eigenvalue weighted by Gasteiger charge is -2.29. The molecule has 1 nitrogen and oxygen atoms in total. The number of nitrogens with zero attached hydrogens (tertiary/aromatic N) is 1. The van der Waals surface area contributed by atoms with Crippen LogP contribution < -0.4 is 4.90 Å². The Morgan fingerprint density at radius 3 is 1.92 bits per heavy atom. The number of allylic oxidation sites excluding steroid dienone is 7. The van der Waals surface area contributed by atoms with E-state index in [9.17, 15) is 0 Å². The van der Waals surface area contributed by atoms with Crippen molar-refractivity contribution in [2.45, 2.75) is 28.9 Å². The van der Waals surface area contributed by atoms with E-state index >= 15 is 0 Å². The highest BCUT2D eigenvalue weighted by Crippen LogP contribution is 2.50. The normalized spacial score (nSPS) is 18.7. The number of thioether (sulfide) groups is 1. The van der Waals surface area contributed by atoms with Gasteiger partial charge in [-0.05, 0) is 109 Å². The second kappa shape index (κ2) is 16.0. The van der Waals surface area contributed by atoms with Crippen molar-refractivity contribution in [3.63, 3.8) is 0 Å². The molecule has 1 aliphatic heterocycles. The molecule has 0 fully saturated rings. The van der Waals surface area contributed by atoms with E-state index in [2.05, 4.69) is 242 Å². The van der Waals surface area contributed by atoms with Crippen molar-refractivity contribution in [2.75, 3.05) is 4.90 Å². The summed E-state index contributed by atoms with van der Waals surface area (Å²) in [5, 5.41) is 3.01. The maximum Gasteiger partial charge on any atom is 0.0540 e. The molecule has 0 spiro atoms. The molecule has 11 rings (SSSR count). The predicted octanol–water partition coefficient (Wildman–Crippen LogP) is 16.4. The summed E-state index contributed by atoms with van der Waals surface area (Å²) in [6.45, 7) is 2.34. The minimum Gasteiger partial charge on any atom is -0.310 e. The number of hydrogen-bond donors (Lipinski definition) is 0. The summed E-state index contributed by atoms with van der Waals surface area (Å²) in [5.74, 6) is 1.10. The summed E-state index contributed by atoms with van der Waals surface area (Å²) in [6.07, 6.45) is 16.2. The molecular weight excluding hydrogens is 755 g/mol. The average molecular weight is 800 g/mol. The number of rotatable bonds is 8. The molecule has 0 amide bonds. The summed E-state index contributed by atoms with van der Waals surface area (Å²) in [6, 6.07) is 69.3. The number of para-hydroxylation sites is 1. The summed E-state index contributed by atoms with van der Waals surface area (Å²) >= 11 is 1.98. The van der Waals surface area contributed by atoms with Crippen molar-refractivity contribution in [3.05, 3.63) is 247 Å². The highest BCUT2D eigenvalue weighted by molar-refractivity contribution is 8.00. The van der Waals surface area contributed by atoms with Crippen LogP contribution in [0, 0.1) is 5.92 Å². The molecule has 0 bridgehead atoms. The third kappa shape index (κ3) is 7.07. The van der Waals surface area contributed by atoms with Crippen LogP contribution in [0.3, 0.4) is 0 Å². The lowest BCUT2D eigenvalue weighted by molar-refractivity contribution is 0.638. The minimum atomic E-state index is 0.310. The van der Waals surface area contributed by atoms with E-state index < -0.39 is 0 Å². The first-order valence-corrected chi connectivity index (χ1v) is 22.3. The summed E-state index contributed by atoms with van der Waals surface area (Å²) < 4.78 is 0. The largest absolute Gasteiger partial charge is 0.310 e. The van der Waals surface area contributed by atoms with Gasteiger partial charge in [-0.2, -0.15) is 0 Å². The van der Waals surface area contributed by atoms with Gasteiger partial charge in [0.1, 0.15) is 0 Å². The van der Waals surface area contributed by atoms with Crippen molar-refractivity contribution in [3.8, 4) is 33.4 Å². The van der Waals surface area contributed by atoms with Gasteiger partial charge in [-0.3, -0.25) is 0 Å². The van der Waals surface area contributed by atoms with Crippen molar-refractivity contribution in [2.24, 2.45) is 5.92 Å². The van der Waals surface area contributed by atoms with E-state index in [0.717, 1.165) is 17.1 Å². The molecule has 0 aromatic heterocycles. The number of fused-ring (bicyclic) bond motifs is 4. The number of anilines is 3. The molecule has 4 atom stereocenters. The van der Waals surface area contributed by atoms with Crippen molar-refractivity contribution in [1.29, 1.82) is 0 Å². The third-order valence-electron chi connectivity index (χ3n) is 12.8. The van der Waals surface area contributed by atoms with Crippen LogP contribution in [-0.2, 0) is 0 Å². The minimum absolute atomic E-state index is 0.310. The van der Waals surface area contributed by atoms with E-state index in [-0.39, 0.29) is 0 Å². The van der Waals surface area contributed by atoms with E-state index in [1.165, 1.54) is 71.3 Å². The molecule has 1 heterocycles. The fraction of sp³-hybridized carbons (Fsp3) is 0.0847. The molecule has 3 aliphatic rings. The zero-order valence-corrected chi connectivity index (χ0v) is 34.9.